The summed E-state index contributed by atoms with van der Waals surface area (Å²) in [6, 6.07) is 7.17. The van der Waals surface area contributed by atoms with E-state index in [2.05, 4.69) is 10.6 Å². The lowest BCUT2D eigenvalue weighted by molar-refractivity contribution is -0.148. The summed E-state index contributed by atoms with van der Waals surface area (Å²) >= 11 is 0. The van der Waals surface area contributed by atoms with Crippen LogP contribution in [0.3, 0.4) is 0 Å². The molecule has 2 rings (SSSR count). The molecule has 142 valence electrons. The summed E-state index contributed by atoms with van der Waals surface area (Å²) in [7, 11) is 1.50. The molecule has 0 aliphatic heterocycles. The van der Waals surface area contributed by atoms with Gasteiger partial charge in [-0.2, -0.15) is 0 Å². The molecule has 1 aromatic rings. The van der Waals surface area contributed by atoms with Crippen LogP contribution in [0.2, 0.25) is 0 Å². The van der Waals surface area contributed by atoms with E-state index in [1.807, 2.05) is 0 Å². The van der Waals surface area contributed by atoms with E-state index in [0.717, 1.165) is 25.7 Å². The smallest absolute Gasteiger partial charge is 0.306 e. The Bertz CT molecular complexity index is 626. The van der Waals surface area contributed by atoms with Crippen LogP contribution in [0, 0.1) is 0 Å². The van der Waals surface area contributed by atoms with Crippen LogP contribution in [0.4, 0.5) is 5.69 Å². The van der Waals surface area contributed by atoms with Crippen molar-refractivity contribution in [1.82, 2.24) is 5.32 Å². The molecule has 1 aliphatic carbocycles. The van der Waals surface area contributed by atoms with Crippen molar-refractivity contribution < 1.29 is 23.9 Å². The van der Waals surface area contributed by atoms with Gasteiger partial charge in [-0.05, 0) is 25.0 Å². The number of carbonyl (C=O) groups excluding carboxylic acids is 3. The molecule has 0 unspecified atom stereocenters. The summed E-state index contributed by atoms with van der Waals surface area (Å²) in [6.45, 7) is -0.402. The van der Waals surface area contributed by atoms with Crippen molar-refractivity contribution in [2.45, 2.75) is 51.0 Å². The molecule has 2 amide bonds. The second-order valence-electron chi connectivity index (χ2n) is 6.31. The molecule has 0 bridgehead atoms. The topological polar surface area (TPSA) is 93.7 Å². The van der Waals surface area contributed by atoms with Crippen LogP contribution in [-0.4, -0.2) is 37.5 Å². The maximum absolute atomic E-state index is 11.9. The molecule has 1 aromatic carbocycles. The predicted octanol–water partition coefficient (Wildman–Crippen LogP) is 2.41. The molecule has 1 aliphatic rings. The van der Waals surface area contributed by atoms with Crippen molar-refractivity contribution >= 4 is 23.5 Å². The SMILES string of the molecule is COc1ccccc1NC(=O)COC(=O)CCC(=O)NC1CCCCC1. The number of benzene rings is 1. The average molecular weight is 362 g/mol. The molecule has 0 radical (unpaired) electrons. The van der Waals surface area contributed by atoms with Gasteiger partial charge in [0, 0.05) is 12.5 Å². The van der Waals surface area contributed by atoms with Gasteiger partial charge in [0.15, 0.2) is 6.61 Å². The Balaban J connectivity index is 1.64. The minimum absolute atomic E-state index is 0.0412. The second kappa shape index (κ2) is 10.4. The molecule has 1 fully saturated rings. The molecule has 1 saturated carbocycles. The Kier molecular flexibility index (Phi) is 7.92. The van der Waals surface area contributed by atoms with Crippen LogP contribution in [0.1, 0.15) is 44.9 Å². The number of rotatable bonds is 8. The first-order valence-corrected chi connectivity index (χ1v) is 8.96. The van der Waals surface area contributed by atoms with Gasteiger partial charge in [0.1, 0.15) is 5.75 Å². The van der Waals surface area contributed by atoms with Crippen LogP contribution in [0.5, 0.6) is 5.75 Å². The highest BCUT2D eigenvalue weighted by atomic mass is 16.5. The van der Waals surface area contributed by atoms with Gasteiger partial charge in [-0.25, -0.2) is 0 Å². The third kappa shape index (κ3) is 6.74. The summed E-state index contributed by atoms with van der Waals surface area (Å²) < 4.78 is 10.1. The van der Waals surface area contributed by atoms with Crippen LogP contribution >= 0.6 is 0 Å². The van der Waals surface area contributed by atoms with Crippen LogP contribution < -0.4 is 15.4 Å². The standard InChI is InChI=1S/C19H26N2O5/c1-25-16-10-6-5-9-15(16)21-18(23)13-26-19(24)12-11-17(22)20-14-7-3-2-4-8-14/h5-6,9-10,14H,2-4,7-8,11-13H2,1H3,(H,20,22)(H,21,23). The minimum atomic E-state index is -0.570. The van der Waals surface area contributed by atoms with Crippen LogP contribution in [0.25, 0.3) is 0 Å². The summed E-state index contributed by atoms with van der Waals surface area (Å²) in [5.41, 5.74) is 0.503. The van der Waals surface area contributed by atoms with Crippen molar-refractivity contribution in [2.24, 2.45) is 0 Å². The van der Waals surface area contributed by atoms with Gasteiger partial charge in [-0.3, -0.25) is 14.4 Å². The third-order valence-corrected chi connectivity index (χ3v) is 4.27. The van der Waals surface area contributed by atoms with Gasteiger partial charge in [0.2, 0.25) is 5.91 Å². The second-order valence-corrected chi connectivity index (χ2v) is 6.31. The number of hydrogen-bond donors (Lipinski definition) is 2. The monoisotopic (exact) mass is 362 g/mol. The normalized spacial score (nSPS) is 14.3. The van der Waals surface area contributed by atoms with Crippen LogP contribution in [-0.2, 0) is 19.1 Å². The van der Waals surface area contributed by atoms with E-state index in [-0.39, 0.29) is 24.8 Å². The van der Waals surface area contributed by atoms with Gasteiger partial charge in [0.25, 0.3) is 5.91 Å². The number of nitrogens with one attached hydrogen (secondary N) is 2. The first kappa shape index (κ1) is 19.8. The summed E-state index contributed by atoms with van der Waals surface area (Å²) in [5.74, 6) is -0.660. The first-order chi connectivity index (χ1) is 12.6. The van der Waals surface area contributed by atoms with E-state index < -0.39 is 18.5 Å². The lowest BCUT2D eigenvalue weighted by atomic mass is 9.95. The Morgan fingerprint density at radius 2 is 1.77 bits per heavy atom. The van der Waals surface area contributed by atoms with E-state index in [4.69, 9.17) is 9.47 Å². The molecule has 0 aromatic heterocycles. The van der Waals surface area contributed by atoms with E-state index in [0.29, 0.717) is 11.4 Å². The molecule has 7 heteroatoms. The number of esters is 1. The quantitative estimate of drug-likeness (QED) is 0.693. The molecule has 0 atom stereocenters. The van der Waals surface area contributed by atoms with Gasteiger partial charge < -0.3 is 20.1 Å². The van der Waals surface area contributed by atoms with E-state index in [1.165, 1.54) is 13.5 Å². The van der Waals surface area contributed by atoms with Crippen molar-refractivity contribution in [2.75, 3.05) is 19.0 Å². The van der Waals surface area contributed by atoms with Crippen LogP contribution in [0.15, 0.2) is 24.3 Å². The molecule has 0 saturated heterocycles. The van der Waals surface area contributed by atoms with E-state index in [9.17, 15) is 14.4 Å². The summed E-state index contributed by atoms with van der Waals surface area (Å²) in [6.07, 6.45) is 5.51. The number of anilines is 1. The zero-order chi connectivity index (χ0) is 18.8. The molecular formula is C19H26N2O5. The fourth-order valence-electron chi connectivity index (χ4n) is 2.91. The maximum atomic E-state index is 11.9. The Labute approximate surface area is 153 Å². The summed E-state index contributed by atoms with van der Waals surface area (Å²) in [5, 5.41) is 5.56. The highest BCUT2D eigenvalue weighted by molar-refractivity contribution is 5.94. The fourth-order valence-corrected chi connectivity index (χ4v) is 2.91. The zero-order valence-corrected chi connectivity index (χ0v) is 15.1. The number of ether oxygens (including phenoxy) is 2. The molecule has 26 heavy (non-hydrogen) atoms. The van der Waals surface area contributed by atoms with Crippen molar-refractivity contribution in [3.05, 3.63) is 24.3 Å². The lowest BCUT2D eigenvalue weighted by Crippen LogP contribution is -2.36. The summed E-state index contributed by atoms with van der Waals surface area (Å²) in [4.78, 5) is 35.4. The number of carbonyl (C=O) groups is 3. The predicted molar refractivity (Wildman–Crippen MR) is 96.8 cm³/mol. The van der Waals surface area contributed by atoms with Crippen molar-refractivity contribution in [3.63, 3.8) is 0 Å². The number of para-hydroxylation sites is 2. The van der Waals surface area contributed by atoms with Gasteiger partial charge >= 0.3 is 5.97 Å². The van der Waals surface area contributed by atoms with E-state index in [1.54, 1.807) is 24.3 Å². The number of hydrogen-bond acceptors (Lipinski definition) is 5. The highest BCUT2D eigenvalue weighted by Crippen LogP contribution is 2.22. The fraction of sp³-hybridized carbons (Fsp3) is 0.526. The van der Waals surface area contributed by atoms with Gasteiger partial charge in [0.05, 0.1) is 19.2 Å². The Hall–Kier alpha value is -2.57. The first-order valence-electron chi connectivity index (χ1n) is 8.96. The Morgan fingerprint density at radius 1 is 1.04 bits per heavy atom. The highest BCUT2D eigenvalue weighted by Gasteiger charge is 2.17. The molecular weight excluding hydrogens is 336 g/mol. The molecule has 2 N–H and O–H groups in total. The molecule has 7 nitrogen and oxygen atoms in total. The molecule has 0 heterocycles. The Morgan fingerprint density at radius 3 is 2.50 bits per heavy atom. The van der Waals surface area contributed by atoms with Crippen molar-refractivity contribution in [1.29, 1.82) is 0 Å². The van der Waals surface area contributed by atoms with Crippen molar-refractivity contribution in [3.8, 4) is 5.75 Å². The van der Waals surface area contributed by atoms with Gasteiger partial charge in [-0.1, -0.05) is 31.4 Å². The lowest BCUT2D eigenvalue weighted by Gasteiger charge is -2.22. The third-order valence-electron chi connectivity index (χ3n) is 4.27. The number of amides is 2. The molecule has 0 spiro atoms. The number of methoxy groups -OCH3 is 1. The maximum Gasteiger partial charge on any atom is 0.306 e. The average Bonchev–Trinajstić information content (AvgIpc) is 2.66. The minimum Gasteiger partial charge on any atom is -0.495 e. The van der Waals surface area contributed by atoms with E-state index >= 15 is 0 Å². The largest absolute Gasteiger partial charge is 0.495 e. The zero-order valence-electron chi connectivity index (χ0n) is 15.1. The van der Waals surface area contributed by atoms with Gasteiger partial charge in [-0.15, -0.1) is 0 Å².